The molecule has 1 atom stereocenters. The molecule has 0 aromatic heterocycles. The van der Waals surface area contributed by atoms with Crippen LogP contribution in [0.25, 0.3) is 0 Å². The van der Waals surface area contributed by atoms with Gasteiger partial charge in [-0.3, -0.25) is 14.4 Å². The quantitative estimate of drug-likeness (QED) is 0.517. The highest BCUT2D eigenvalue weighted by Gasteiger charge is 2.43. The number of carbonyl (C=O) groups is 3. The number of nitrogens with one attached hydrogen (secondary N) is 2. The van der Waals surface area contributed by atoms with E-state index in [9.17, 15) is 14.4 Å². The van der Waals surface area contributed by atoms with Gasteiger partial charge in [0.15, 0.2) is 5.12 Å². The summed E-state index contributed by atoms with van der Waals surface area (Å²) in [7, 11) is 0. The van der Waals surface area contributed by atoms with Gasteiger partial charge in [0.1, 0.15) is 6.04 Å². The summed E-state index contributed by atoms with van der Waals surface area (Å²) in [4.78, 5) is 38.7. The molecule has 2 aromatic rings. The highest BCUT2D eigenvalue weighted by molar-refractivity contribution is 8.13. The molecule has 0 heterocycles. The maximum atomic E-state index is 13.7. The topological polar surface area (TPSA) is 84.5 Å². The van der Waals surface area contributed by atoms with Crippen LogP contribution in [-0.2, 0) is 25.5 Å². The first-order valence-corrected chi connectivity index (χ1v) is 12.9. The minimum absolute atomic E-state index is 0.0123. The molecule has 0 bridgehead atoms. The monoisotopic (exact) mass is 482 g/mol. The molecule has 182 valence electrons. The van der Waals surface area contributed by atoms with Gasteiger partial charge in [-0.05, 0) is 50.3 Å². The molecule has 2 N–H and O–H groups in total. The first-order valence-electron chi connectivity index (χ1n) is 11.9. The van der Waals surface area contributed by atoms with Crippen molar-refractivity contribution in [3.05, 3.63) is 66.2 Å². The zero-order valence-corrected chi connectivity index (χ0v) is 20.7. The predicted octanol–water partition coefficient (Wildman–Crippen LogP) is 4.60. The molecule has 0 radical (unpaired) electrons. The van der Waals surface area contributed by atoms with Crippen molar-refractivity contribution in [1.82, 2.24) is 5.32 Å². The number of anilines is 1. The summed E-state index contributed by atoms with van der Waals surface area (Å²) in [5.74, 6) is -0.0214. The van der Waals surface area contributed by atoms with E-state index in [1.54, 1.807) is 0 Å². The van der Waals surface area contributed by atoms with Crippen molar-refractivity contribution in [1.29, 1.82) is 0 Å². The van der Waals surface area contributed by atoms with Gasteiger partial charge in [-0.1, -0.05) is 60.3 Å². The van der Waals surface area contributed by atoms with Crippen LogP contribution in [0.2, 0.25) is 0 Å². The predicted molar refractivity (Wildman–Crippen MR) is 137 cm³/mol. The standard InChI is InChI=1S/C27H34N2O4S/c1-3-33-23-14-16-27(17-15-23,19-34-20(2)30)26(32)29-24(18-21-10-6-4-7-11-21)25(31)28-22-12-8-5-9-13-22/h4-13,23-24H,3,14-19H2,1-2H3,(H,28,31)(H,29,32)/t23-,24-,27+/m0/s1. The van der Waals surface area contributed by atoms with Crippen LogP contribution in [0.5, 0.6) is 0 Å². The number of ether oxygens (including phenoxy) is 1. The van der Waals surface area contributed by atoms with E-state index in [1.165, 1.54) is 18.7 Å². The van der Waals surface area contributed by atoms with Crippen LogP contribution >= 0.6 is 11.8 Å². The summed E-state index contributed by atoms with van der Waals surface area (Å²) < 4.78 is 5.78. The van der Waals surface area contributed by atoms with Crippen LogP contribution < -0.4 is 10.6 Å². The molecular formula is C27H34N2O4S. The van der Waals surface area contributed by atoms with Crippen molar-refractivity contribution >= 4 is 34.4 Å². The highest BCUT2D eigenvalue weighted by Crippen LogP contribution is 2.40. The highest BCUT2D eigenvalue weighted by atomic mass is 32.2. The lowest BCUT2D eigenvalue weighted by atomic mass is 9.73. The van der Waals surface area contributed by atoms with Gasteiger partial charge in [0.2, 0.25) is 11.8 Å². The Morgan fingerprint density at radius 2 is 1.65 bits per heavy atom. The van der Waals surface area contributed by atoms with E-state index >= 15 is 0 Å². The second-order valence-corrected chi connectivity index (χ2v) is 9.94. The van der Waals surface area contributed by atoms with Gasteiger partial charge in [-0.15, -0.1) is 0 Å². The molecule has 1 aliphatic carbocycles. The fourth-order valence-corrected chi connectivity index (χ4v) is 5.24. The Bertz CT molecular complexity index is 944. The van der Waals surface area contributed by atoms with Gasteiger partial charge in [0, 0.05) is 31.4 Å². The smallest absolute Gasteiger partial charge is 0.247 e. The minimum Gasteiger partial charge on any atom is -0.379 e. The molecule has 7 heteroatoms. The van der Waals surface area contributed by atoms with Gasteiger partial charge in [-0.25, -0.2) is 0 Å². The second kappa shape index (κ2) is 12.7. The van der Waals surface area contributed by atoms with Crippen LogP contribution in [0.1, 0.15) is 45.1 Å². The van der Waals surface area contributed by atoms with E-state index in [0.29, 0.717) is 37.3 Å². The van der Waals surface area contributed by atoms with E-state index in [-0.39, 0.29) is 23.0 Å². The van der Waals surface area contributed by atoms with Gasteiger partial charge in [-0.2, -0.15) is 0 Å². The fourth-order valence-electron chi connectivity index (χ4n) is 4.34. The molecule has 0 aliphatic heterocycles. The van der Waals surface area contributed by atoms with E-state index in [2.05, 4.69) is 10.6 Å². The van der Waals surface area contributed by atoms with Crippen LogP contribution in [0.3, 0.4) is 0 Å². The molecule has 1 aliphatic rings. The molecule has 0 spiro atoms. The van der Waals surface area contributed by atoms with Crippen molar-refractivity contribution in [2.24, 2.45) is 5.41 Å². The second-order valence-electron chi connectivity index (χ2n) is 8.79. The lowest BCUT2D eigenvalue weighted by Crippen LogP contribution is -2.53. The molecule has 2 amide bonds. The van der Waals surface area contributed by atoms with Crippen molar-refractivity contribution in [2.75, 3.05) is 17.7 Å². The van der Waals surface area contributed by atoms with Crippen LogP contribution in [-0.4, -0.2) is 41.4 Å². The number of hydrogen-bond acceptors (Lipinski definition) is 5. The van der Waals surface area contributed by atoms with Gasteiger partial charge < -0.3 is 15.4 Å². The number of thioether (sulfide) groups is 1. The summed E-state index contributed by atoms with van der Waals surface area (Å²) in [5.41, 5.74) is 0.938. The number of carbonyl (C=O) groups excluding carboxylic acids is 3. The molecule has 0 saturated heterocycles. The number of benzene rings is 2. The molecule has 0 unspecified atom stereocenters. The number of para-hydroxylation sites is 1. The maximum absolute atomic E-state index is 13.7. The van der Waals surface area contributed by atoms with Crippen LogP contribution in [0, 0.1) is 5.41 Å². The summed E-state index contributed by atoms with van der Waals surface area (Å²) in [6.07, 6.45) is 3.29. The van der Waals surface area contributed by atoms with Gasteiger partial charge in [0.25, 0.3) is 0 Å². The molecule has 34 heavy (non-hydrogen) atoms. The first kappa shape index (κ1) is 26.0. The van der Waals surface area contributed by atoms with E-state index in [4.69, 9.17) is 4.74 Å². The van der Waals surface area contributed by atoms with Crippen molar-refractivity contribution in [3.63, 3.8) is 0 Å². The Balaban J connectivity index is 1.79. The van der Waals surface area contributed by atoms with Gasteiger partial charge in [0.05, 0.1) is 11.5 Å². The normalized spacial score (nSPS) is 20.8. The average molecular weight is 483 g/mol. The zero-order valence-electron chi connectivity index (χ0n) is 19.9. The first-order chi connectivity index (χ1) is 16.4. The summed E-state index contributed by atoms with van der Waals surface area (Å²) in [5, 5.41) is 5.96. The lowest BCUT2D eigenvalue weighted by molar-refractivity contribution is -0.136. The minimum atomic E-state index is -0.737. The third-order valence-corrected chi connectivity index (χ3v) is 7.37. The maximum Gasteiger partial charge on any atom is 0.247 e. The molecule has 6 nitrogen and oxygen atoms in total. The fraction of sp³-hybridized carbons (Fsp3) is 0.444. The third-order valence-electron chi connectivity index (χ3n) is 6.27. The molecule has 1 fully saturated rings. The Morgan fingerprint density at radius 1 is 1.03 bits per heavy atom. The zero-order chi connectivity index (χ0) is 24.4. The average Bonchev–Trinajstić information content (AvgIpc) is 2.84. The van der Waals surface area contributed by atoms with Crippen LogP contribution in [0.15, 0.2) is 60.7 Å². The third kappa shape index (κ3) is 7.43. The van der Waals surface area contributed by atoms with Crippen LogP contribution in [0.4, 0.5) is 5.69 Å². The van der Waals surface area contributed by atoms with Crippen molar-refractivity contribution < 1.29 is 19.1 Å². The molecule has 2 aromatic carbocycles. The molecular weight excluding hydrogens is 448 g/mol. The van der Waals surface area contributed by atoms with Crippen molar-refractivity contribution in [3.8, 4) is 0 Å². The van der Waals surface area contributed by atoms with E-state index in [1.807, 2.05) is 67.6 Å². The summed E-state index contributed by atoms with van der Waals surface area (Å²) in [6, 6.07) is 18.1. The van der Waals surface area contributed by atoms with E-state index in [0.717, 1.165) is 18.4 Å². The Labute approximate surface area is 206 Å². The number of hydrogen-bond donors (Lipinski definition) is 2. The summed E-state index contributed by atoms with van der Waals surface area (Å²) in [6.45, 7) is 4.14. The Kier molecular flexibility index (Phi) is 9.72. The van der Waals surface area contributed by atoms with Gasteiger partial charge >= 0.3 is 0 Å². The van der Waals surface area contributed by atoms with E-state index < -0.39 is 11.5 Å². The number of amides is 2. The van der Waals surface area contributed by atoms with Crippen molar-refractivity contribution in [2.45, 2.75) is 58.1 Å². The SMILES string of the molecule is CCO[C@H]1CC[C@@](CSC(C)=O)(C(=O)N[C@@H](Cc2ccccc2)C(=O)Nc2ccccc2)CC1. The molecule has 3 rings (SSSR count). The molecule has 1 saturated carbocycles. The lowest BCUT2D eigenvalue weighted by Gasteiger charge is -2.39. The Hall–Kier alpha value is -2.64. The summed E-state index contributed by atoms with van der Waals surface area (Å²) >= 11 is 1.18. The largest absolute Gasteiger partial charge is 0.379 e. The number of rotatable bonds is 10. The Morgan fingerprint density at radius 3 is 2.24 bits per heavy atom.